The monoisotopic (exact) mass is 479 g/mol. The first kappa shape index (κ1) is 22.9. The Labute approximate surface area is 202 Å². The third-order valence-electron chi connectivity index (χ3n) is 5.44. The van der Waals surface area contributed by atoms with E-state index >= 15 is 0 Å². The molecule has 1 aromatic heterocycles. The number of aromatic amines is 1. The van der Waals surface area contributed by atoms with E-state index in [-0.39, 0.29) is 5.91 Å². The van der Waals surface area contributed by atoms with E-state index in [1.54, 1.807) is 24.3 Å². The highest BCUT2D eigenvalue weighted by molar-refractivity contribution is 6.33. The molecule has 0 fully saturated rings. The highest BCUT2D eigenvalue weighted by Crippen LogP contribution is 2.20. The molecule has 0 saturated heterocycles. The summed E-state index contributed by atoms with van der Waals surface area (Å²) < 4.78 is 0. The lowest BCUT2D eigenvalue weighted by atomic mass is 10.0. The minimum absolute atomic E-state index is 0.261. The van der Waals surface area contributed by atoms with Gasteiger partial charge in [0.1, 0.15) is 6.04 Å². The molecular weight excluding hydrogens is 457 g/mol. The Morgan fingerprint density at radius 1 is 0.939 bits per heavy atom. The molecule has 33 heavy (non-hydrogen) atoms. The van der Waals surface area contributed by atoms with Crippen LogP contribution in [0.5, 0.6) is 0 Å². The van der Waals surface area contributed by atoms with Gasteiger partial charge in [0, 0.05) is 35.1 Å². The van der Waals surface area contributed by atoms with E-state index in [0.29, 0.717) is 35.0 Å². The van der Waals surface area contributed by atoms with E-state index in [1.165, 1.54) is 0 Å². The second kappa shape index (κ2) is 10.6. The smallest absolute Gasteiger partial charge is 0.253 e. The average molecular weight is 480 g/mol. The molecule has 5 nitrogen and oxygen atoms in total. The summed E-state index contributed by atoms with van der Waals surface area (Å²) in [5.41, 5.74) is 3.27. The number of rotatable bonds is 8. The van der Waals surface area contributed by atoms with Gasteiger partial charge in [0.25, 0.3) is 5.91 Å². The van der Waals surface area contributed by atoms with Crippen LogP contribution in [0, 0.1) is 0 Å². The largest absolute Gasteiger partial charge is 0.361 e. The molecule has 0 spiro atoms. The van der Waals surface area contributed by atoms with E-state index in [2.05, 4.69) is 15.6 Å². The van der Waals surface area contributed by atoms with Crippen LogP contribution in [-0.2, 0) is 17.6 Å². The van der Waals surface area contributed by atoms with Gasteiger partial charge in [-0.25, -0.2) is 0 Å². The summed E-state index contributed by atoms with van der Waals surface area (Å²) in [5, 5.41) is 7.81. The molecule has 1 unspecified atom stereocenters. The number of aromatic nitrogens is 1. The highest BCUT2D eigenvalue weighted by atomic mass is 35.5. The summed E-state index contributed by atoms with van der Waals surface area (Å²) in [7, 11) is 0. The number of H-pyrrole nitrogens is 1. The number of para-hydroxylation sites is 1. The summed E-state index contributed by atoms with van der Waals surface area (Å²) in [6.07, 6.45) is 2.84. The molecule has 0 aliphatic carbocycles. The number of nitrogens with one attached hydrogen (secondary N) is 3. The summed E-state index contributed by atoms with van der Waals surface area (Å²) in [4.78, 5) is 29.2. The molecule has 1 heterocycles. The van der Waals surface area contributed by atoms with Gasteiger partial charge in [-0.05, 0) is 47.9 Å². The molecule has 1 atom stereocenters. The highest BCUT2D eigenvalue weighted by Gasteiger charge is 2.24. The molecule has 4 rings (SSSR count). The predicted octanol–water partition coefficient (Wildman–Crippen LogP) is 5.17. The first-order valence-corrected chi connectivity index (χ1v) is 11.4. The van der Waals surface area contributed by atoms with Crippen LogP contribution in [0.2, 0.25) is 10.0 Å². The van der Waals surface area contributed by atoms with Crippen LogP contribution in [0.15, 0.2) is 79.0 Å². The minimum Gasteiger partial charge on any atom is -0.361 e. The van der Waals surface area contributed by atoms with Gasteiger partial charge in [0.2, 0.25) is 5.91 Å². The Morgan fingerprint density at radius 3 is 2.55 bits per heavy atom. The summed E-state index contributed by atoms with van der Waals surface area (Å²) in [6, 6.07) is 21.4. The maximum atomic E-state index is 13.1. The summed E-state index contributed by atoms with van der Waals surface area (Å²) >= 11 is 12.2. The Balaban J connectivity index is 1.50. The lowest BCUT2D eigenvalue weighted by Gasteiger charge is -2.19. The predicted molar refractivity (Wildman–Crippen MR) is 133 cm³/mol. The van der Waals surface area contributed by atoms with E-state index in [1.807, 2.05) is 54.7 Å². The maximum Gasteiger partial charge on any atom is 0.253 e. The standard InChI is InChI=1S/C26H23Cl2N3O2/c27-19-7-5-6-17(14-19)12-13-29-26(33)24(31-25(32)21-9-1-3-10-22(21)28)15-18-16-30-23-11-4-2-8-20(18)23/h1-11,14,16,24,30H,12-13,15H2,(H,29,33)(H,31,32). The van der Waals surface area contributed by atoms with Gasteiger partial charge in [-0.1, -0.05) is 65.7 Å². The van der Waals surface area contributed by atoms with Gasteiger partial charge in [-0.3, -0.25) is 9.59 Å². The zero-order chi connectivity index (χ0) is 23.2. The lowest BCUT2D eigenvalue weighted by Crippen LogP contribution is -2.48. The van der Waals surface area contributed by atoms with E-state index in [9.17, 15) is 9.59 Å². The lowest BCUT2D eigenvalue weighted by molar-refractivity contribution is -0.122. The van der Waals surface area contributed by atoms with Crippen LogP contribution in [0.1, 0.15) is 21.5 Å². The summed E-state index contributed by atoms with van der Waals surface area (Å²) in [5.74, 6) is -0.654. The zero-order valence-corrected chi connectivity index (χ0v) is 19.3. The number of halogens is 2. The molecule has 0 aliphatic rings. The molecule has 168 valence electrons. The molecule has 3 aromatic carbocycles. The first-order valence-electron chi connectivity index (χ1n) is 10.6. The second-order valence-electron chi connectivity index (χ2n) is 7.74. The number of hydrogen-bond acceptors (Lipinski definition) is 2. The Kier molecular flexibility index (Phi) is 7.33. The number of amides is 2. The van der Waals surface area contributed by atoms with Crippen molar-refractivity contribution in [2.24, 2.45) is 0 Å². The van der Waals surface area contributed by atoms with Crippen LogP contribution >= 0.6 is 23.2 Å². The third kappa shape index (κ3) is 5.75. The molecule has 0 bridgehead atoms. The summed E-state index contributed by atoms with van der Waals surface area (Å²) in [6.45, 7) is 0.422. The molecule has 3 N–H and O–H groups in total. The second-order valence-corrected chi connectivity index (χ2v) is 8.58. The van der Waals surface area contributed by atoms with Crippen LogP contribution in [0.4, 0.5) is 0 Å². The van der Waals surface area contributed by atoms with Crippen molar-refractivity contribution in [1.29, 1.82) is 0 Å². The van der Waals surface area contributed by atoms with Crippen molar-refractivity contribution in [2.75, 3.05) is 6.54 Å². The van der Waals surface area contributed by atoms with Gasteiger partial charge in [0.05, 0.1) is 10.6 Å². The Hall–Kier alpha value is -3.28. The van der Waals surface area contributed by atoms with Crippen molar-refractivity contribution in [3.05, 3.63) is 106 Å². The van der Waals surface area contributed by atoms with Gasteiger partial charge in [-0.15, -0.1) is 0 Å². The molecule has 2 amide bonds. The van der Waals surface area contributed by atoms with E-state index < -0.39 is 11.9 Å². The fourth-order valence-corrected chi connectivity index (χ4v) is 4.19. The van der Waals surface area contributed by atoms with E-state index in [0.717, 1.165) is 22.0 Å². The molecule has 0 saturated carbocycles. The molecule has 0 aliphatic heterocycles. The normalized spacial score (nSPS) is 11.8. The minimum atomic E-state index is -0.771. The topological polar surface area (TPSA) is 74.0 Å². The Bertz CT molecular complexity index is 1290. The number of hydrogen-bond donors (Lipinski definition) is 3. The number of benzene rings is 3. The molecule has 0 radical (unpaired) electrons. The SMILES string of the molecule is O=C(NC(Cc1c[nH]c2ccccc12)C(=O)NCCc1cccc(Cl)c1)c1ccccc1Cl. The van der Waals surface area contributed by atoms with Crippen LogP contribution in [-0.4, -0.2) is 29.4 Å². The van der Waals surface area contributed by atoms with Crippen molar-refractivity contribution in [1.82, 2.24) is 15.6 Å². The maximum absolute atomic E-state index is 13.1. The van der Waals surface area contributed by atoms with Crippen molar-refractivity contribution >= 4 is 45.9 Å². The molecule has 7 heteroatoms. The van der Waals surface area contributed by atoms with Gasteiger partial charge < -0.3 is 15.6 Å². The fourth-order valence-electron chi connectivity index (χ4n) is 3.76. The van der Waals surface area contributed by atoms with Gasteiger partial charge in [-0.2, -0.15) is 0 Å². The molecule has 4 aromatic rings. The zero-order valence-electron chi connectivity index (χ0n) is 17.8. The van der Waals surface area contributed by atoms with Gasteiger partial charge in [0.15, 0.2) is 0 Å². The quantitative estimate of drug-likeness (QED) is 0.325. The van der Waals surface area contributed by atoms with Crippen LogP contribution in [0.25, 0.3) is 10.9 Å². The van der Waals surface area contributed by atoms with Crippen molar-refractivity contribution in [3.8, 4) is 0 Å². The number of carbonyl (C=O) groups excluding carboxylic acids is 2. The molecular formula is C26H23Cl2N3O2. The Morgan fingerprint density at radius 2 is 1.73 bits per heavy atom. The van der Waals surface area contributed by atoms with Crippen LogP contribution < -0.4 is 10.6 Å². The average Bonchev–Trinajstić information content (AvgIpc) is 3.22. The fraction of sp³-hybridized carbons (Fsp3) is 0.154. The van der Waals surface area contributed by atoms with Crippen molar-refractivity contribution < 1.29 is 9.59 Å². The number of fused-ring (bicyclic) bond motifs is 1. The van der Waals surface area contributed by atoms with E-state index in [4.69, 9.17) is 23.2 Å². The van der Waals surface area contributed by atoms with Gasteiger partial charge >= 0.3 is 0 Å². The van der Waals surface area contributed by atoms with Crippen molar-refractivity contribution in [3.63, 3.8) is 0 Å². The third-order valence-corrected chi connectivity index (χ3v) is 6.01. The number of carbonyl (C=O) groups is 2. The first-order chi connectivity index (χ1) is 16.0. The van der Waals surface area contributed by atoms with Crippen LogP contribution in [0.3, 0.4) is 0 Å². The van der Waals surface area contributed by atoms with Crippen molar-refractivity contribution in [2.45, 2.75) is 18.9 Å².